The third-order valence-corrected chi connectivity index (χ3v) is 11.5. The van der Waals surface area contributed by atoms with Crippen molar-refractivity contribution >= 4 is 37.5 Å². The number of benzene rings is 4. The molecule has 0 heterocycles. The summed E-state index contributed by atoms with van der Waals surface area (Å²) in [6.07, 6.45) is 0. The summed E-state index contributed by atoms with van der Waals surface area (Å²) in [5.74, 6) is -0.523. The lowest BCUT2D eigenvalue weighted by atomic mass is 10.3. The zero-order valence-electron chi connectivity index (χ0n) is 23.0. The zero-order chi connectivity index (χ0) is 28.4. The molecule has 0 saturated heterocycles. The van der Waals surface area contributed by atoms with E-state index >= 15 is 0 Å². The molecule has 4 aromatic rings. The quantitative estimate of drug-likeness (QED) is 0.226. The largest absolute Gasteiger partial charge is 0.378 e. The van der Waals surface area contributed by atoms with Crippen molar-refractivity contribution in [1.82, 2.24) is 0 Å². The number of rotatable bonds is 9. The van der Waals surface area contributed by atoms with Gasteiger partial charge in [-0.25, -0.2) is 8.02 Å². The van der Waals surface area contributed by atoms with Gasteiger partial charge in [-0.2, -0.15) is 8.42 Å². The Hall–Kier alpha value is -3.53. The number of anilines is 3. The highest BCUT2D eigenvalue weighted by Crippen LogP contribution is 2.70. The SMILES string of the molecule is CN(C)c1ccc(S(OS(=O)(=O)c2ccc(F)cc2)(c2ccc(N(C)C)cc2)c2ccc(N(C)C)cc2)cc1. The Morgan fingerprint density at radius 2 is 0.769 bits per heavy atom. The molecule has 0 aliphatic heterocycles. The third kappa shape index (κ3) is 5.90. The first-order valence-electron chi connectivity index (χ1n) is 12.3. The van der Waals surface area contributed by atoms with Gasteiger partial charge in [0.2, 0.25) is 0 Å². The fraction of sp³-hybridized carbons (Fsp3) is 0.200. The van der Waals surface area contributed by atoms with Crippen LogP contribution in [-0.2, 0) is 13.7 Å². The Balaban J connectivity index is 2.02. The third-order valence-electron chi connectivity index (χ3n) is 6.35. The van der Waals surface area contributed by atoms with Gasteiger partial charge in [0.25, 0.3) is 0 Å². The van der Waals surface area contributed by atoms with Crippen LogP contribution in [0.3, 0.4) is 0 Å². The normalized spacial score (nSPS) is 12.2. The van der Waals surface area contributed by atoms with Crippen LogP contribution in [-0.4, -0.2) is 50.7 Å². The van der Waals surface area contributed by atoms with Crippen molar-refractivity contribution in [2.24, 2.45) is 0 Å². The molecular weight excluding hydrogens is 533 g/mol. The summed E-state index contributed by atoms with van der Waals surface area (Å²) < 4.78 is 47.8. The molecule has 0 radical (unpaired) electrons. The van der Waals surface area contributed by atoms with Crippen LogP contribution in [0.15, 0.2) is 117 Å². The second-order valence-electron chi connectivity index (χ2n) is 9.70. The van der Waals surface area contributed by atoms with E-state index in [0.717, 1.165) is 29.2 Å². The highest BCUT2D eigenvalue weighted by molar-refractivity contribution is 8.33. The summed E-state index contributed by atoms with van der Waals surface area (Å²) in [6.45, 7) is 0. The lowest BCUT2D eigenvalue weighted by Gasteiger charge is -2.40. The molecule has 206 valence electrons. The Kier molecular flexibility index (Phi) is 8.25. The lowest BCUT2D eigenvalue weighted by molar-refractivity contribution is 0.508. The molecule has 0 N–H and O–H groups in total. The van der Waals surface area contributed by atoms with E-state index in [1.807, 2.05) is 130 Å². The molecular formula is C30H34FN3O3S2. The van der Waals surface area contributed by atoms with E-state index in [1.54, 1.807) is 0 Å². The first-order valence-corrected chi connectivity index (χ1v) is 15.3. The standard InChI is InChI=1S/C30H34FN3O3S2/c1-32(2)24-9-17-27(18-10-24)38(28-19-11-25(12-20-28)33(3)4,29-21-13-26(14-22-29)34(5)6)37-39(35,36)30-15-7-23(31)8-16-30/h7-22H,1-6H3. The van der Waals surface area contributed by atoms with Crippen LogP contribution in [0.2, 0.25) is 0 Å². The molecule has 0 unspecified atom stereocenters. The minimum atomic E-state index is -4.32. The van der Waals surface area contributed by atoms with Gasteiger partial charge < -0.3 is 14.7 Å². The first-order chi connectivity index (χ1) is 18.4. The number of hydrogen-bond acceptors (Lipinski definition) is 6. The van der Waals surface area contributed by atoms with E-state index in [0.29, 0.717) is 14.7 Å². The molecule has 4 aromatic carbocycles. The predicted molar refractivity (Wildman–Crippen MR) is 159 cm³/mol. The van der Waals surface area contributed by atoms with Crippen LogP contribution in [0.4, 0.5) is 21.5 Å². The molecule has 0 aliphatic carbocycles. The Bertz CT molecular complexity index is 1380. The maximum absolute atomic E-state index is 13.9. The van der Waals surface area contributed by atoms with Crippen molar-refractivity contribution in [3.63, 3.8) is 0 Å². The van der Waals surface area contributed by atoms with Crippen molar-refractivity contribution in [3.05, 3.63) is 103 Å². The van der Waals surface area contributed by atoms with Crippen molar-refractivity contribution in [2.45, 2.75) is 19.6 Å². The van der Waals surface area contributed by atoms with E-state index in [2.05, 4.69) is 0 Å². The lowest BCUT2D eigenvalue weighted by Crippen LogP contribution is -2.16. The average molecular weight is 568 g/mol. The fourth-order valence-electron chi connectivity index (χ4n) is 4.11. The summed E-state index contributed by atoms with van der Waals surface area (Å²) in [6, 6.07) is 27.9. The van der Waals surface area contributed by atoms with Crippen LogP contribution >= 0.6 is 10.3 Å². The predicted octanol–water partition coefficient (Wildman–Crippen LogP) is 6.63. The topological polar surface area (TPSA) is 53.1 Å². The van der Waals surface area contributed by atoms with Gasteiger partial charge in [0.05, 0.1) is 4.90 Å². The van der Waals surface area contributed by atoms with Crippen LogP contribution in [0.1, 0.15) is 0 Å². The van der Waals surface area contributed by atoms with E-state index < -0.39 is 26.2 Å². The molecule has 0 bridgehead atoms. The van der Waals surface area contributed by atoms with Crippen molar-refractivity contribution in [3.8, 4) is 0 Å². The number of nitrogens with zero attached hydrogens (tertiary/aromatic N) is 3. The summed E-state index contributed by atoms with van der Waals surface area (Å²) >= 11 is 0. The fourth-order valence-corrected chi connectivity index (χ4v) is 9.28. The van der Waals surface area contributed by atoms with Crippen LogP contribution in [0.5, 0.6) is 0 Å². The molecule has 39 heavy (non-hydrogen) atoms. The monoisotopic (exact) mass is 567 g/mol. The maximum Gasteiger partial charge on any atom is 0.307 e. The molecule has 4 rings (SSSR count). The van der Waals surface area contributed by atoms with E-state index in [1.165, 1.54) is 12.1 Å². The molecule has 0 spiro atoms. The maximum atomic E-state index is 13.9. The average Bonchev–Trinajstić information content (AvgIpc) is 2.92. The van der Waals surface area contributed by atoms with Crippen LogP contribution in [0, 0.1) is 5.82 Å². The number of hydrogen-bond donors (Lipinski definition) is 0. The molecule has 0 fully saturated rings. The second-order valence-corrected chi connectivity index (χ2v) is 14.1. The molecule has 6 nitrogen and oxygen atoms in total. The molecule has 0 aromatic heterocycles. The Morgan fingerprint density at radius 1 is 0.487 bits per heavy atom. The van der Waals surface area contributed by atoms with Crippen LogP contribution < -0.4 is 14.7 Å². The van der Waals surface area contributed by atoms with E-state index in [4.69, 9.17) is 3.63 Å². The molecule has 9 heteroatoms. The van der Waals surface area contributed by atoms with Gasteiger partial charge in [-0.1, -0.05) is 0 Å². The van der Waals surface area contributed by atoms with Gasteiger partial charge >= 0.3 is 10.1 Å². The van der Waals surface area contributed by atoms with Crippen molar-refractivity contribution in [1.29, 1.82) is 0 Å². The minimum absolute atomic E-state index is 0.111. The van der Waals surface area contributed by atoms with Crippen molar-refractivity contribution < 1.29 is 16.4 Å². The van der Waals surface area contributed by atoms with Gasteiger partial charge in [0, 0.05) is 74.0 Å². The highest BCUT2D eigenvalue weighted by Gasteiger charge is 2.38. The van der Waals surface area contributed by atoms with Crippen molar-refractivity contribution in [2.75, 3.05) is 57.0 Å². The minimum Gasteiger partial charge on any atom is -0.378 e. The molecule has 0 aliphatic rings. The highest BCUT2D eigenvalue weighted by atomic mass is 32.3. The Morgan fingerprint density at radius 3 is 1.05 bits per heavy atom. The van der Waals surface area contributed by atoms with Gasteiger partial charge in [0.15, 0.2) is 0 Å². The van der Waals surface area contributed by atoms with E-state index in [9.17, 15) is 12.8 Å². The van der Waals surface area contributed by atoms with Gasteiger partial charge in [-0.3, -0.25) is 0 Å². The summed E-state index contributed by atoms with van der Waals surface area (Å²) in [4.78, 5) is 7.98. The number of halogens is 1. The molecule has 0 amide bonds. The summed E-state index contributed by atoms with van der Waals surface area (Å²) in [7, 11) is 4.56. The van der Waals surface area contributed by atoms with E-state index in [-0.39, 0.29) is 4.90 Å². The van der Waals surface area contributed by atoms with Crippen LogP contribution in [0.25, 0.3) is 0 Å². The van der Waals surface area contributed by atoms with Gasteiger partial charge in [-0.05, 0) is 107 Å². The zero-order valence-corrected chi connectivity index (χ0v) is 24.6. The van der Waals surface area contributed by atoms with Gasteiger partial charge in [-0.15, -0.1) is 0 Å². The smallest absolute Gasteiger partial charge is 0.307 e. The van der Waals surface area contributed by atoms with Gasteiger partial charge in [0.1, 0.15) is 5.82 Å². The molecule has 0 saturated carbocycles. The first kappa shape index (κ1) is 28.5. The summed E-state index contributed by atoms with van der Waals surface area (Å²) in [5.41, 5.74) is 2.91. The molecule has 0 atom stereocenters. The Labute approximate surface area is 232 Å². The summed E-state index contributed by atoms with van der Waals surface area (Å²) in [5, 5.41) is 0. The second kappa shape index (κ2) is 11.3.